The summed E-state index contributed by atoms with van der Waals surface area (Å²) in [5, 5.41) is 10.2. The van der Waals surface area contributed by atoms with E-state index in [9.17, 15) is 19.2 Å². The molecular formula is C15H16N2O6. The highest BCUT2D eigenvalue weighted by Crippen LogP contribution is 2.19. The Morgan fingerprint density at radius 1 is 1.22 bits per heavy atom. The van der Waals surface area contributed by atoms with Crippen LogP contribution in [0.4, 0.5) is 4.79 Å². The first-order valence-corrected chi connectivity index (χ1v) is 7.00. The van der Waals surface area contributed by atoms with Gasteiger partial charge in [0.15, 0.2) is 6.04 Å². The number of hydrazine groups is 1. The molecule has 0 unspecified atom stereocenters. The van der Waals surface area contributed by atoms with Crippen molar-refractivity contribution in [2.45, 2.75) is 32.4 Å². The lowest BCUT2D eigenvalue weighted by atomic mass is 10.2. The van der Waals surface area contributed by atoms with Crippen LogP contribution in [0.15, 0.2) is 30.3 Å². The molecule has 1 atom stereocenters. The standard InChI is InChI=1S/C15H16N2O6/c1-10(14(20)21)16(17-12(18)7-8-13(17)19)15(22)23-9-11-5-3-2-4-6-11/h2-6,10H,7-9H2,1H3,(H,20,21)/t10-/m0/s1. The molecule has 1 fully saturated rings. The van der Waals surface area contributed by atoms with Gasteiger partial charge in [-0.25, -0.2) is 9.59 Å². The third kappa shape index (κ3) is 3.65. The van der Waals surface area contributed by atoms with Crippen molar-refractivity contribution in [2.75, 3.05) is 0 Å². The van der Waals surface area contributed by atoms with Crippen molar-refractivity contribution in [1.29, 1.82) is 0 Å². The number of carboxylic acid groups (broad SMARTS) is 1. The number of amides is 3. The smallest absolute Gasteiger partial charge is 0.430 e. The molecule has 0 saturated carbocycles. The first-order valence-electron chi connectivity index (χ1n) is 7.00. The van der Waals surface area contributed by atoms with Gasteiger partial charge in [0.05, 0.1) is 0 Å². The molecule has 0 bridgehead atoms. The number of carbonyl (C=O) groups excluding carboxylic acids is 3. The van der Waals surface area contributed by atoms with Crippen LogP contribution >= 0.6 is 0 Å². The van der Waals surface area contributed by atoms with Gasteiger partial charge < -0.3 is 9.84 Å². The summed E-state index contributed by atoms with van der Waals surface area (Å²) < 4.78 is 5.05. The zero-order valence-corrected chi connectivity index (χ0v) is 12.5. The molecule has 8 nitrogen and oxygen atoms in total. The van der Waals surface area contributed by atoms with E-state index in [1.54, 1.807) is 30.3 Å². The predicted molar refractivity (Wildman–Crippen MR) is 76.7 cm³/mol. The van der Waals surface area contributed by atoms with Crippen LogP contribution in [-0.4, -0.2) is 45.0 Å². The molecule has 1 saturated heterocycles. The second-order valence-corrected chi connectivity index (χ2v) is 5.00. The zero-order chi connectivity index (χ0) is 17.0. The summed E-state index contributed by atoms with van der Waals surface area (Å²) in [6.45, 7) is 1.10. The van der Waals surface area contributed by atoms with Gasteiger partial charge in [-0.05, 0) is 12.5 Å². The molecule has 0 aromatic heterocycles. The Bertz CT molecular complexity index is 614. The van der Waals surface area contributed by atoms with E-state index in [1.165, 1.54) is 6.92 Å². The van der Waals surface area contributed by atoms with E-state index >= 15 is 0 Å². The van der Waals surface area contributed by atoms with Crippen LogP contribution in [0, 0.1) is 0 Å². The molecule has 122 valence electrons. The van der Waals surface area contributed by atoms with E-state index in [0.717, 1.165) is 0 Å². The lowest BCUT2D eigenvalue weighted by Crippen LogP contribution is -2.56. The van der Waals surface area contributed by atoms with Gasteiger partial charge in [-0.15, -0.1) is 0 Å². The van der Waals surface area contributed by atoms with E-state index in [1.807, 2.05) is 0 Å². The van der Waals surface area contributed by atoms with Gasteiger partial charge in [0.25, 0.3) is 0 Å². The van der Waals surface area contributed by atoms with Crippen LogP contribution in [0.2, 0.25) is 0 Å². The van der Waals surface area contributed by atoms with Gasteiger partial charge in [-0.2, -0.15) is 10.0 Å². The van der Waals surface area contributed by atoms with E-state index in [-0.39, 0.29) is 19.4 Å². The lowest BCUT2D eigenvalue weighted by molar-refractivity contribution is -0.164. The van der Waals surface area contributed by atoms with Crippen LogP contribution < -0.4 is 0 Å². The van der Waals surface area contributed by atoms with Gasteiger partial charge in [-0.3, -0.25) is 9.59 Å². The molecule has 1 aromatic carbocycles. The highest BCUT2D eigenvalue weighted by molar-refractivity contribution is 6.03. The van der Waals surface area contributed by atoms with E-state index in [2.05, 4.69) is 0 Å². The van der Waals surface area contributed by atoms with E-state index < -0.39 is 29.9 Å². The van der Waals surface area contributed by atoms with Crippen molar-refractivity contribution in [1.82, 2.24) is 10.0 Å². The third-order valence-electron chi connectivity index (χ3n) is 3.36. The molecule has 2 rings (SSSR count). The first-order chi connectivity index (χ1) is 10.9. The predicted octanol–water partition coefficient (Wildman–Crippen LogP) is 1.16. The van der Waals surface area contributed by atoms with Gasteiger partial charge in [0.1, 0.15) is 6.61 Å². The molecule has 0 radical (unpaired) electrons. The Labute approximate surface area is 132 Å². The molecule has 1 aliphatic rings. The first kappa shape index (κ1) is 16.5. The summed E-state index contributed by atoms with van der Waals surface area (Å²) in [4.78, 5) is 47.0. The maximum absolute atomic E-state index is 12.2. The summed E-state index contributed by atoms with van der Waals surface area (Å²) in [6.07, 6.45) is -1.19. The molecule has 8 heteroatoms. The summed E-state index contributed by atoms with van der Waals surface area (Å²) in [7, 11) is 0. The van der Waals surface area contributed by atoms with Gasteiger partial charge >= 0.3 is 12.1 Å². The number of imide groups is 1. The molecule has 23 heavy (non-hydrogen) atoms. The number of hydrogen-bond donors (Lipinski definition) is 1. The van der Waals surface area contributed by atoms with Crippen molar-refractivity contribution in [3.8, 4) is 0 Å². The summed E-state index contributed by atoms with van der Waals surface area (Å²) in [5.74, 6) is -2.60. The SMILES string of the molecule is C[C@@H](C(=O)O)N(C(=O)OCc1ccccc1)N1C(=O)CCC1=O. The van der Waals surface area contributed by atoms with Crippen LogP contribution in [0.5, 0.6) is 0 Å². The average molecular weight is 320 g/mol. The normalized spacial score (nSPS) is 15.4. The fraction of sp³-hybridized carbons (Fsp3) is 0.333. The van der Waals surface area contributed by atoms with Gasteiger partial charge in [-0.1, -0.05) is 30.3 Å². The van der Waals surface area contributed by atoms with Gasteiger partial charge in [0, 0.05) is 12.8 Å². The average Bonchev–Trinajstić information content (AvgIpc) is 2.86. The quantitative estimate of drug-likeness (QED) is 0.816. The van der Waals surface area contributed by atoms with Crippen LogP contribution in [0.1, 0.15) is 25.3 Å². The second kappa shape index (κ2) is 6.91. The molecule has 0 aliphatic carbocycles. The van der Waals surface area contributed by atoms with Crippen molar-refractivity contribution in [3.63, 3.8) is 0 Å². The molecule has 1 aliphatic heterocycles. The maximum Gasteiger partial charge on any atom is 0.430 e. The molecule has 3 amide bonds. The molecule has 1 aromatic rings. The number of rotatable bonds is 5. The number of benzene rings is 1. The minimum atomic E-state index is -1.41. The Hall–Kier alpha value is -2.90. The monoisotopic (exact) mass is 320 g/mol. The highest BCUT2D eigenvalue weighted by atomic mass is 16.6. The van der Waals surface area contributed by atoms with Crippen molar-refractivity contribution < 1.29 is 29.0 Å². The Balaban J connectivity index is 2.16. The minimum Gasteiger partial charge on any atom is -0.480 e. The maximum atomic E-state index is 12.2. The van der Waals surface area contributed by atoms with Crippen molar-refractivity contribution in [2.24, 2.45) is 0 Å². The Morgan fingerprint density at radius 3 is 2.30 bits per heavy atom. The van der Waals surface area contributed by atoms with Gasteiger partial charge in [0.2, 0.25) is 11.8 Å². The summed E-state index contributed by atoms with van der Waals surface area (Å²) in [5.41, 5.74) is 0.697. The number of nitrogens with zero attached hydrogens (tertiary/aromatic N) is 2. The molecule has 1 heterocycles. The largest absolute Gasteiger partial charge is 0.480 e. The van der Waals surface area contributed by atoms with E-state index in [0.29, 0.717) is 15.6 Å². The van der Waals surface area contributed by atoms with Crippen molar-refractivity contribution >= 4 is 23.9 Å². The number of hydrogen-bond acceptors (Lipinski definition) is 5. The third-order valence-corrected chi connectivity index (χ3v) is 3.36. The number of aliphatic carboxylic acids is 1. The fourth-order valence-electron chi connectivity index (χ4n) is 2.11. The second-order valence-electron chi connectivity index (χ2n) is 5.00. The van der Waals surface area contributed by atoms with E-state index in [4.69, 9.17) is 9.84 Å². The molecule has 0 spiro atoms. The van der Waals surface area contributed by atoms with Crippen LogP contribution in [0.25, 0.3) is 0 Å². The summed E-state index contributed by atoms with van der Waals surface area (Å²) in [6, 6.07) is 7.35. The number of carbonyl (C=O) groups is 4. The Morgan fingerprint density at radius 2 is 1.78 bits per heavy atom. The highest BCUT2D eigenvalue weighted by Gasteiger charge is 2.42. The minimum absolute atomic E-state index is 0.0619. The fourth-order valence-corrected chi connectivity index (χ4v) is 2.11. The zero-order valence-electron chi connectivity index (χ0n) is 12.5. The van der Waals surface area contributed by atoms with Crippen LogP contribution in [-0.2, 0) is 25.7 Å². The summed E-state index contributed by atoms with van der Waals surface area (Å²) >= 11 is 0. The van der Waals surface area contributed by atoms with Crippen molar-refractivity contribution in [3.05, 3.63) is 35.9 Å². The van der Waals surface area contributed by atoms with Crippen LogP contribution in [0.3, 0.4) is 0 Å². The topological polar surface area (TPSA) is 104 Å². The lowest BCUT2D eigenvalue weighted by Gasteiger charge is -2.31. The molecular weight excluding hydrogens is 304 g/mol. The number of carboxylic acids is 1. The molecule has 1 N–H and O–H groups in total. The Kier molecular flexibility index (Phi) is 4.95. The number of ether oxygens (including phenoxy) is 1.